The summed E-state index contributed by atoms with van der Waals surface area (Å²) in [7, 11) is 0. The van der Waals surface area contributed by atoms with E-state index in [9.17, 15) is 9.59 Å². The van der Waals surface area contributed by atoms with Crippen LogP contribution < -0.4 is 15.8 Å². The van der Waals surface area contributed by atoms with Gasteiger partial charge in [-0.05, 0) is 36.4 Å². The van der Waals surface area contributed by atoms with Crippen LogP contribution in [0.1, 0.15) is 10.4 Å². The number of nitrogens with two attached hydrogens (primary N) is 1. The molecule has 0 bridgehead atoms. The predicted molar refractivity (Wildman–Crippen MR) is 71.8 cm³/mol. The highest BCUT2D eigenvalue weighted by Gasteiger charge is 2.01. The van der Waals surface area contributed by atoms with Gasteiger partial charge in [0, 0.05) is 23.0 Å². The van der Waals surface area contributed by atoms with Crippen LogP contribution in [0.4, 0.5) is 16.2 Å². The van der Waals surface area contributed by atoms with Crippen molar-refractivity contribution in [2.24, 2.45) is 5.73 Å². The summed E-state index contributed by atoms with van der Waals surface area (Å²) in [6, 6.07) is 13.8. The molecule has 0 aliphatic heterocycles. The van der Waals surface area contributed by atoms with E-state index in [1.165, 1.54) is 0 Å². The molecule has 0 atom stereocenters. The number of nitrogens with one attached hydrogen (secondary N) is 1. The van der Waals surface area contributed by atoms with Crippen LogP contribution in [0.3, 0.4) is 0 Å². The molecule has 0 aromatic heterocycles. The SMILES string of the molecule is NC(=O)Oc1cccc(Nc2ccc(C=O)cc2)c1. The van der Waals surface area contributed by atoms with Crippen molar-refractivity contribution in [1.29, 1.82) is 0 Å². The van der Waals surface area contributed by atoms with Crippen LogP contribution >= 0.6 is 0 Å². The Kier molecular flexibility index (Phi) is 3.78. The van der Waals surface area contributed by atoms with Gasteiger partial charge in [0.05, 0.1) is 0 Å². The van der Waals surface area contributed by atoms with Crippen molar-refractivity contribution in [3.05, 3.63) is 54.1 Å². The first-order valence-corrected chi connectivity index (χ1v) is 5.57. The van der Waals surface area contributed by atoms with Gasteiger partial charge in [-0.3, -0.25) is 4.79 Å². The first-order chi connectivity index (χ1) is 9.17. The van der Waals surface area contributed by atoms with Crippen molar-refractivity contribution in [1.82, 2.24) is 0 Å². The fourth-order valence-corrected chi connectivity index (χ4v) is 1.57. The van der Waals surface area contributed by atoms with E-state index < -0.39 is 6.09 Å². The lowest BCUT2D eigenvalue weighted by atomic mass is 10.2. The van der Waals surface area contributed by atoms with Crippen LogP contribution in [-0.2, 0) is 0 Å². The van der Waals surface area contributed by atoms with E-state index in [0.29, 0.717) is 11.3 Å². The van der Waals surface area contributed by atoms with Crippen molar-refractivity contribution in [2.75, 3.05) is 5.32 Å². The number of ether oxygens (including phenoxy) is 1. The number of amides is 1. The first kappa shape index (κ1) is 12.6. The molecule has 5 nitrogen and oxygen atoms in total. The molecule has 2 rings (SSSR count). The molecule has 3 N–H and O–H groups in total. The number of anilines is 2. The molecule has 0 saturated heterocycles. The standard InChI is InChI=1S/C14H12N2O3/c15-14(18)19-13-3-1-2-12(8-13)16-11-6-4-10(9-17)5-7-11/h1-9,16H,(H2,15,18). The predicted octanol–water partition coefficient (Wildman–Crippen LogP) is 2.70. The molecular weight excluding hydrogens is 244 g/mol. The zero-order valence-electron chi connectivity index (χ0n) is 10.00. The Hall–Kier alpha value is -2.82. The molecule has 96 valence electrons. The maximum atomic E-state index is 10.7. The first-order valence-electron chi connectivity index (χ1n) is 5.57. The van der Waals surface area contributed by atoms with E-state index in [-0.39, 0.29) is 0 Å². The lowest BCUT2D eigenvalue weighted by Crippen LogP contribution is -2.16. The molecule has 0 unspecified atom stereocenters. The van der Waals surface area contributed by atoms with Crippen molar-refractivity contribution < 1.29 is 14.3 Å². The van der Waals surface area contributed by atoms with Gasteiger partial charge in [0.2, 0.25) is 0 Å². The second-order valence-electron chi connectivity index (χ2n) is 3.81. The van der Waals surface area contributed by atoms with Crippen molar-refractivity contribution >= 4 is 23.8 Å². The number of carbonyl (C=O) groups excluding carboxylic acids is 2. The minimum Gasteiger partial charge on any atom is -0.410 e. The van der Waals surface area contributed by atoms with Gasteiger partial charge >= 0.3 is 6.09 Å². The maximum Gasteiger partial charge on any atom is 0.409 e. The van der Waals surface area contributed by atoms with Gasteiger partial charge in [0.1, 0.15) is 12.0 Å². The Labute approximate surface area is 110 Å². The summed E-state index contributed by atoms with van der Waals surface area (Å²) >= 11 is 0. The van der Waals surface area contributed by atoms with Gasteiger partial charge in [-0.1, -0.05) is 6.07 Å². The average Bonchev–Trinajstić information content (AvgIpc) is 2.39. The second-order valence-corrected chi connectivity index (χ2v) is 3.81. The monoisotopic (exact) mass is 256 g/mol. The van der Waals surface area contributed by atoms with Crippen molar-refractivity contribution in [3.8, 4) is 5.75 Å². The molecule has 0 spiro atoms. The Morgan fingerprint density at radius 3 is 2.47 bits per heavy atom. The summed E-state index contributed by atoms with van der Waals surface area (Å²) in [5.74, 6) is 0.363. The lowest BCUT2D eigenvalue weighted by Gasteiger charge is -2.08. The van der Waals surface area contributed by atoms with E-state index in [4.69, 9.17) is 10.5 Å². The number of carbonyl (C=O) groups is 2. The van der Waals surface area contributed by atoms with E-state index in [2.05, 4.69) is 5.32 Å². The van der Waals surface area contributed by atoms with E-state index in [1.54, 1.807) is 42.5 Å². The number of benzene rings is 2. The molecule has 0 saturated carbocycles. The summed E-state index contributed by atoms with van der Waals surface area (Å²) in [5, 5.41) is 3.12. The number of hydrogen-bond acceptors (Lipinski definition) is 4. The van der Waals surface area contributed by atoms with Crippen LogP contribution in [0.25, 0.3) is 0 Å². The van der Waals surface area contributed by atoms with Gasteiger partial charge < -0.3 is 15.8 Å². The zero-order valence-corrected chi connectivity index (χ0v) is 10.00. The highest BCUT2D eigenvalue weighted by Crippen LogP contribution is 2.21. The summed E-state index contributed by atoms with van der Waals surface area (Å²) in [4.78, 5) is 21.2. The van der Waals surface area contributed by atoms with E-state index in [0.717, 1.165) is 17.7 Å². The highest BCUT2D eigenvalue weighted by molar-refractivity contribution is 5.76. The maximum absolute atomic E-state index is 10.7. The molecule has 0 fully saturated rings. The average molecular weight is 256 g/mol. The lowest BCUT2D eigenvalue weighted by molar-refractivity contribution is 0.112. The minimum absolute atomic E-state index is 0.363. The quantitative estimate of drug-likeness (QED) is 0.824. The van der Waals surface area contributed by atoms with Gasteiger partial charge in [-0.15, -0.1) is 0 Å². The van der Waals surface area contributed by atoms with Gasteiger partial charge in [-0.2, -0.15) is 0 Å². The van der Waals surface area contributed by atoms with Gasteiger partial charge in [0.25, 0.3) is 0 Å². The topological polar surface area (TPSA) is 81.4 Å². The third-order valence-corrected chi connectivity index (χ3v) is 2.39. The second kappa shape index (κ2) is 5.68. The Balaban J connectivity index is 2.13. The molecule has 0 aliphatic rings. The van der Waals surface area contributed by atoms with Gasteiger partial charge in [0.15, 0.2) is 0 Å². The molecule has 0 heterocycles. The van der Waals surface area contributed by atoms with Crippen LogP contribution in [-0.4, -0.2) is 12.4 Å². The van der Waals surface area contributed by atoms with Gasteiger partial charge in [-0.25, -0.2) is 4.79 Å². The molecule has 5 heteroatoms. The minimum atomic E-state index is -0.854. The molecule has 2 aromatic rings. The molecular formula is C14H12N2O3. The van der Waals surface area contributed by atoms with Crippen molar-refractivity contribution in [2.45, 2.75) is 0 Å². The summed E-state index contributed by atoms with van der Waals surface area (Å²) in [6.07, 6.45) is -0.0713. The largest absolute Gasteiger partial charge is 0.410 e. The fraction of sp³-hybridized carbons (Fsp3) is 0. The zero-order chi connectivity index (χ0) is 13.7. The number of rotatable bonds is 4. The number of primary amides is 1. The highest BCUT2D eigenvalue weighted by atomic mass is 16.5. The van der Waals surface area contributed by atoms with Crippen LogP contribution in [0.15, 0.2) is 48.5 Å². The van der Waals surface area contributed by atoms with Crippen LogP contribution in [0.2, 0.25) is 0 Å². The van der Waals surface area contributed by atoms with Crippen LogP contribution in [0, 0.1) is 0 Å². The molecule has 2 aromatic carbocycles. The smallest absolute Gasteiger partial charge is 0.409 e. The van der Waals surface area contributed by atoms with E-state index >= 15 is 0 Å². The number of hydrogen-bond donors (Lipinski definition) is 2. The Bertz CT molecular complexity index is 594. The summed E-state index contributed by atoms with van der Waals surface area (Å²) in [6.45, 7) is 0. The molecule has 19 heavy (non-hydrogen) atoms. The fourth-order valence-electron chi connectivity index (χ4n) is 1.57. The van der Waals surface area contributed by atoms with Crippen molar-refractivity contribution in [3.63, 3.8) is 0 Å². The van der Waals surface area contributed by atoms with E-state index in [1.807, 2.05) is 6.07 Å². The normalized spacial score (nSPS) is 9.68. The molecule has 1 amide bonds. The third-order valence-electron chi connectivity index (χ3n) is 2.39. The summed E-state index contributed by atoms with van der Waals surface area (Å²) in [5.41, 5.74) is 7.12. The third kappa shape index (κ3) is 3.57. The molecule has 0 aliphatic carbocycles. The Morgan fingerprint density at radius 2 is 1.84 bits per heavy atom. The Morgan fingerprint density at radius 1 is 1.11 bits per heavy atom. The summed E-state index contributed by atoms with van der Waals surface area (Å²) < 4.78 is 4.78. The molecule has 0 radical (unpaired) electrons. The number of aldehydes is 1. The van der Waals surface area contributed by atoms with Crippen LogP contribution in [0.5, 0.6) is 5.75 Å².